The van der Waals surface area contributed by atoms with Crippen molar-refractivity contribution in [2.45, 2.75) is 46.0 Å². The molecule has 1 N–H and O–H groups in total. The van der Waals surface area contributed by atoms with Crippen molar-refractivity contribution >= 4 is 11.6 Å². The van der Waals surface area contributed by atoms with Gasteiger partial charge in [0.2, 0.25) is 0 Å². The summed E-state index contributed by atoms with van der Waals surface area (Å²) >= 11 is 6.43. The predicted molar refractivity (Wildman–Crippen MR) is 83.9 cm³/mol. The molecule has 1 aromatic rings. The molecule has 2 unspecified atom stereocenters. The fraction of sp³-hybridized carbons (Fsp3) is 0.647. The minimum Gasteiger partial charge on any atom is -0.317 e. The van der Waals surface area contributed by atoms with E-state index in [9.17, 15) is 0 Å². The van der Waals surface area contributed by atoms with E-state index in [0.29, 0.717) is 17.3 Å². The van der Waals surface area contributed by atoms with Gasteiger partial charge in [-0.25, -0.2) is 0 Å². The third-order valence-electron chi connectivity index (χ3n) is 4.49. The Labute approximate surface area is 122 Å². The van der Waals surface area contributed by atoms with Gasteiger partial charge < -0.3 is 5.32 Å². The normalized spacial score (nSPS) is 26.3. The molecular weight excluding hydrogens is 254 g/mol. The van der Waals surface area contributed by atoms with Gasteiger partial charge in [0, 0.05) is 5.02 Å². The van der Waals surface area contributed by atoms with E-state index in [1.807, 2.05) is 12.1 Å². The lowest BCUT2D eigenvalue weighted by atomic mass is 9.65. The molecule has 1 nitrogen and oxygen atoms in total. The third kappa shape index (κ3) is 3.73. The maximum atomic E-state index is 6.43. The van der Waals surface area contributed by atoms with Crippen LogP contribution in [0.1, 0.15) is 51.5 Å². The van der Waals surface area contributed by atoms with Crippen molar-refractivity contribution in [3.63, 3.8) is 0 Å². The summed E-state index contributed by atoms with van der Waals surface area (Å²) in [4.78, 5) is 0. The monoisotopic (exact) mass is 279 g/mol. The van der Waals surface area contributed by atoms with E-state index in [1.54, 1.807) is 0 Å². The van der Waals surface area contributed by atoms with Gasteiger partial charge in [-0.05, 0) is 61.2 Å². The number of rotatable bonds is 4. The summed E-state index contributed by atoms with van der Waals surface area (Å²) in [5, 5.41) is 4.46. The summed E-state index contributed by atoms with van der Waals surface area (Å²) in [7, 11) is 0. The highest BCUT2D eigenvalue weighted by atomic mass is 35.5. The molecule has 19 heavy (non-hydrogen) atoms. The first-order valence-electron chi connectivity index (χ1n) is 7.48. The van der Waals surface area contributed by atoms with Crippen molar-refractivity contribution in [2.75, 3.05) is 13.1 Å². The molecule has 2 heteroatoms. The SMILES string of the molecule is CCNCC1CCC(C)(C)CC1c1ccccc1Cl. The van der Waals surface area contributed by atoms with Gasteiger partial charge in [-0.1, -0.05) is 50.6 Å². The first-order valence-corrected chi connectivity index (χ1v) is 7.86. The highest BCUT2D eigenvalue weighted by Crippen LogP contribution is 2.47. The lowest BCUT2D eigenvalue weighted by molar-refractivity contribution is 0.160. The molecule has 0 aliphatic heterocycles. The van der Waals surface area contributed by atoms with Crippen molar-refractivity contribution in [2.24, 2.45) is 11.3 Å². The topological polar surface area (TPSA) is 12.0 Å². The summed E-state index contributed by atoms with van der Waals surface area (Å²) in [5.74, 6) is 1.31. The van der Waals surface area contributed by atoms with Gasteiger partial charge in [-0.2, -0.15) is 0 Å². The fourth-order valence-corrected chi connectivity index (χ4v) is 3.63. The predicted octanol–water partition coefficient (Wildman–Crippen LogP) is 4.86. The zero-order valence-electron chi connectivity index (χ0n) is 12.4. The van der Waals surface area contributed by atoms with Crippen molar-refractivity contribution in [3.8, 4) is 0 Å². The Bertz CT molecular complexity index is 413. The van der Waals surface area contributed by atoms with Gasteiger partial charge in [-0.3, -0.25) is 0 Å². The van der Waals surface area contributed by atoms with E-state index in [4.69, 9.17) is 11.6 Å². The minimum atomic E-state index is 0.437. The Hall–Kier alpha value is -0.530. The van der Waals surface area contributed by atoms with Gasteiger partial charge in [0.1, 0.15) is 0 Å². The van der Waals surface area contributed by atoms with E-state index in [2.05, 4.69) is 38.2 Å². The first-order chi connectivity index (χ1) is 9.03. The van der Waals surface area contributed by atoms with Crippen LogP contribution in [0.2, 0.25) is 5.02 Å². The second-order valence-corrected chi connectivity index (χ2v) is 7.01. The number of halogens is 1. The zero-order valence-corrected chi connectivity index (χ0v) is 13.1. The Balaban J connectivity index is 2.22. The highest BCUT2D eigenvalue weighted by molar-refractivity contribution is 6.31. The van der Waals surface area contributed by atoms with Gasteiger partial charge in [0.05, 0.1) is 0 Å². The Morgan fingerprint density at radius 1 is 1.32 bits per heavy atom. The summed E-state index contributed by atoms with van der Waals surface area (Å²) in [6.45, 7) is 9.12. The molecule has 0 amide bonds. The van der Waals surface area contributed by atoms with E-state index < -0.39 is 0 Å². The smallest absolute Gasteiger partial charge is 0.0440 e. The molecule has 0 bridgehead atoms. The third-order valence-corrected chi connectivity index (χ3v) is 4.84. The number of hydrogen-bond acceptors (Lipinski definition) is 1. The van der Waals surface area contributed by atoms with Crippen molar-refractivity contribution in [1.29, 1.82) is 0 Å². The second kappa shape index (κ2) is 6.28. The lowest BCUT2D eigenvalue weighted by Gasteiger charge is -2.41. The van der Waals surface area contributed by atoms with Crippen LogP contribution in [0.5, 0.6) is 0 Å². The molecule has 2 atom stereocenters. The van der Waals surface area contributed by atoms with Gasteiger partial charge in [-0.15, -0.1) is 0 Å². The maximum Gasteiger partial charge on any atom is 0.0440 e. The van der Waals surface area contributed by atoms with Gasteiger partial charge in [0.25, 0.3) is 0 Å². The van der Waals surface area contributed by atoms with Crippen LogP contribution in [-0.4, -0.2) is 13.1 Å². The average molecular weight is 280 g/mol. The molecule has 0 aromatic heterocycles. The minimum absolute atomic E-state index is 0.437. The molecule has 1 saturated carbocycles. The fourth-order valence-electron chi connectivity index (χ4n) is 3.36. The molecule has 2 rings (SSSR count). The van der Waals surface area contributed by atoms with Crippen molar-refractivity contribution < 1.29 is 0 Å². The summed E-state index contributed by atoms with van der Waals surface area (Å²) < 4.78 is 0. The molecule has 0 saturated heterocycles. The zero-order chi connectivity index (χ0) is 13.9. The summed E-state index contributed by atoms with van der Waals surface area (Å²) in [6.07, 6.45) is 3.87. The van der Waals surface area contributed by atoms with Crippen molar-refractivity contribution in [1.82, 2.24) is 5.32 Å². The van der Waals surface area contributed by atoms with Crippen LogP contribution in [0.25, 0.3) is 0 Å². The highest BCUT2D eigenvalue weighted by Gasteiger charge is 2.36. The van der Waals surface area contributed by atoms with Crippen molar-refractivity contribution in [3.05, 3.63) is 34.9 Å². The van der Waals surface area contributed by atoms with Crippen LogP contribution in [0.15, 0.2) is 24.3 Å². The Kier molecular flexibility index (Phi) is 4.92. The van der Waals surface area contributed by atoms with E-state index in [-0.39, 0.29) is 0 Å². The number of nitrogens with one attached hydrogen (secondary N) is 1. The van der Waals surface area contributed by atoms with Crippen LogP contribution in [0.3, 0.4) is 0 Å². The standard InChI is InChI=1S/C17H26ClN/c1-4-19-12-13-9-10-17(2,3)11-15(13)14-7-5-6-8-16(14)18/h5-8,13,15,19H,4,9-12H2,1-3H3. The van der Waals surface area contributed by atoms with Crippen LogP contribution < -0.4 is 5.32 Å². The largest absolute Gasteiger partial charge is 0.317 e. The molecule has 106 valence electrons. The molecule has 1 fully saturated rings. The summed E-state index contributed by atoms with van der Waals surface area (Å²) in [5.41, 5.74) is 1.78. The van der Waals surface area contributed by atoms with Crippen LogP contribution in [0, 0.1) is 11.3 Å². The lowest BCUT2D eigenvalue weighted by Crippen LogP contribution is -2.34. The number of benzene rings is 1. The average Bonchev–Trinajstić information content (AvgIpc) is 2.37. The quantitative estimate of drug-likeness (QED) is 0.830. The van der Waals surface area contributed by atoms with Crippen LogP contribution in [-0.2, 0) is 0 Å². The van der Waals surface area contributed by atoms with Gasteiger partial charge >= 0.3 is 0 Å². The molecule has 1 aliphatic carbocycles. The number of hydrogen-bond donors (Lipinski definition) is 1. The Morgan fingerprint density at radius 3 is 2.74 bits per heavy atom. The molecule has 0 heterocycles. The molecule has 1 aliphatic rings. The van der Waals surface area contributed by atoms with E-state index in [0.717, 1.165) is 18.1 Å². The molecule has 1 aromatic carbocycles. The molecular formula is C17H26ClN. The maximum absolute atomic E-state index is 6.43. The molecule has 0 radical (unpaired) electrons. The Morgan fingerprint density at radius 2 is 2.05 bits per heavy atom. The van der Waals surface area contributed by atoms with Crippen LogP contribution in [0.4, 0.5) is 0 Å². The molecule has 0 spiro atoms. The van der Waals surface area contributed by atoms with Gasteiger partial charge in [0.15, 0.2) is 0 Å². The van der Waals surface area contributed by atoms with E-state index >= 15 is 0 Å². The van der Waals surface area contributed by atoms with E-state index in [1.165, 1.54) is 24.8 Å². The second-order valence-electron chi connectivity index (χ2n) is 6.60. The summed E-state index contributed by atoms with van der Waals surface area (Å²) in [6, 6.07) is 8.39. The van der Waals surface area contributed by atoms with Crippen LogP contribution >= 0.6 is 11.6 Å². The first kappa shape index (κ1) is 14.9.